The molecular formula is C5H11NO3S. The molecule has 0 saturated carbocycles. The Hall–Kier alpha value is -0.580. The van der Waals surface area contributed by atoms with E-state index in [0.717, 1.165) is 6.26 Å². The molecule has 0 aliphatic heterocycles. The number of nitrogens with zero attached hydrogens (tertiary/aromatic N) is 1. The van der Waals surface area contributed by atoms with Crippen LogP contribution in [-0.2, 0) is 14.4 Å². The van der Waals surface area contributed by atoms with Crippen LogP contribution in [-0.4, -0.2) is 20.4 Å². The van der Waals surface area contributed by atoms with Gasteiger partial charge in [-0.1, -0.05) is 12.1 Å². The fourth-order valence-corrected chi connectivity index (χ4v) is 0.459. The number of oxime groups is 1. The maximum Gasteiger partial charge on any atom is 0.325 e. The third-order valence-corrected chi connectivity index (χ3v) is 1.19. The van der Waals surface area contributed by atoms with Gasteiger partial charge in [0.25, 0.3) is 0 Å². The van der Waals surface area contributed by atoms with Gasteiger partial charge >= 0.3 is 10.1 Å². The topological polar surface area (TPSA) is 55.7 Å². The van der Waals surface area contributed by atoms with Crippen LogP contribution in [0.2, 0.25) is 0 Å². The highest BCUT2D eigenvalue weighted by Gasteiger charge is 1.98. The Kier molecular flexibility index (Phi) is 3.35. The van der Waals surface area contributed by atoms with Crippen molar-refractivity contribution < 1.29 is 12.7 Å². The summed E-state index contributed by atoms with van der Waals surface area (Å²) in [6.07, 6.45) is 1.65. The summed E-state index contributed by atoms with van der Waals surface area (Å²) in [6.45, 7) is 3.57. The Morgan fingerprint density at radius 1 is 1.60 bits per heavy atom. The lowest BCUT2D eigenvalue weighted by Gasteiger charge is -1.94. The second-order valence-corrected chi connectivity index (χ2v) is 3.52. The molecule has 0 rings (SSSR count). The van der Waals surface area contributed by atoms with Crippen LogP contribution in [0.4, 0.5) is 0 Å². The SMILES string of the molecule is CC/C(C)=N\OS(C)(=O)=O. The molecule has 0 aromatic heterocycles. The van der Waals surface area contributed by atoms with Gasteiger partial charge in [-0.25, -0.2) is 0 Å². The fraction of sp³-hybridized carbons (Fsp3) is 0.800. The lowest BCUT2D eigenvalue weighted by Crippen LogP contribution is -1.99. The van der Waals surface area contributed by atoms with E-state index < -0.39 is 10.1 Å². The van der Waals surface area contributed by atoms with Crippen LogP contribution in [0.25, 0.3) is 0 Å². The summed E-state index contributed by atoms with van der Waals surface area (Å²) in [5.74, 6) is 0. The summed E-state index contributed by atoms with van der Waals surface area (Å²) in [4.78, 5) is 0. The fourth-order valence-electron chi connectivity index (χ4n) is 0.196. The van der Waals surface area contributed by atoms with Crippen molar-refractivity contribution in [3.8, 4) is 0 Å². The standard InChI is InChI=1S/C5H11NO3S/c1-4-5(2)6-9-10(3,7)8/h4H2,1-3H3/b6-5-. The summed E-state index contributed by atoms with van der Waals surface area (Å²) in [5, 5.41) is 3.34. The van der Waals surface area contributed by atoms with Crippen molar-refractivity contribution in [2.24, 2.45) is 5.16 Å². The van der Waals surface area contributed by atoms with Gasteiger partial charge in [-0.05, 0) is 13.3 Å². The Bertz CT molecular complexity index is 217. The second-order valence-electron chi connectivity index (χ2n) is 1.96. The Morgan fingerprint density at radius 2 is 2.10 bits per heavy atom. The molecule has 0 aliphatic carbocycles. The van der Waals surface area contributed by atoms with E-state index in [1.165, 1.54) is 0 Å². The summed E-state index contributed by atoms with van der Waals surface area (Å²) in [5.41, 5.74) is 0.658. The maximum atomic E-state index is 10.3. The quantitative estimate of drug-likeness (QED) is 0.458. The summed E-state index contributed by atoms with van der Waals surface area (Å²) in [6, 6.07) is 0. The number of hydrogen-bond donors (Lipinski definition) is 0. The molecule has 0 N–H and O–H groups in total. The highest BCUT2D eigenvalue weighted by atomic mass is 32.2. The minimum absolute atomic E-state index is 0.658. The molecule has 0 bridgehead atoms. The lowest BCUT2D eigenvalue weighted by molar-refractivity contribution is 0.342. The van der Waals surface area contributed by atoms with Gasteiger partial charge in [0, 0.05) is 0 Å². The molecule has 60 valence electrons. The zero-order chi connectivity index (χ0) is 8.20. The van der Waals surface area contributed by atoms with Crippen LogP contribution in [0.3, 0.4) is 0 Å². The maximum absolute atomic E-state index is 10.3. The molecule has 0 radical (unpaired) electrons. The molecular weight excluding hydrogens is 154 g/mol. The average Bonchev–Trinajstić information content (AvgIpc) is 1.81. The van der Waals surface area contributed by atoms with E-state index >= 15 is 0 Å². The molecule has 0 aromatic rings. The second kappa shape index (κ2) is 3.55. The summed E-state index contributed by atoms with van der Waals surface area (Å²) < 4.78 is 24.8. The lowest BCUT2D eigenvalue weighted by atomic mass is 10.3. The third-order valence-electron chi connectivity index (χ3n) is 0.840. The van der Waals surface area contributed by atoms with Crippen molar-refractivity contribution in [1.82, 2.24) is 0 Å². The minimum Gasteiger partial charge on any atom is -0.269 e. The molecule has 0 amide bonds. The van der Waals surface area contributed by atoms with Gasteiger partial charge in [-0.3, -0.25) is 4.28 Å². The summed E-state index contributed by atoms with van der Waals surface area (Å²) in [7, 11) is -3.42. The molecule has 5 heteroatoms. The van der Waals surface area contributed by atoms with Gasteiger partial charge in [-0.15, -0.1) is 0 Å². The van der Waals surface area contributed by atoms with E-state index in [1.807, 2.05) is 6.92 Å². The zero-order valence-corrected chi connectivity index (χ0v) is 7.10. The molecule has 0 atom stereocenters. The van der Waals surface area contributed by atoms with Crippen molar-refractivity contribution in [3.05, 3.63) is 0 Å². The van der Waals surface area contributed by atoms with E-state index in [4.69, 9.17) is 0 Å². The Balaban J connectivity index is 3.98. The number of hydrogen-bond acceptors (Lipinski definition) is 4. The van der Waals surface area contributed by atoms with Crippen LogP contribution in [0.5, 0.6) is 0 Å². The first kappa shape index (κ1) is 9.42. The van der Waals surface area contributed by atoms with Crippen LogP contribution < -0.4 is 0 Å². The van der Waals surface area contributed by atoms with E-state index in [1.54, 1.807) is 6.92 Å². The molecule has 0 unspecified atom stereocenters. The average molecular weight is 165 g/mol. The van der Waals surface area contributed by atoms with E-state index in [2.05, 4.69) is 9.44 Å². The largest absolute Gasteiger partial charge is 0.325 e. The monoisotopic (exact) mass is 165 g/mol. The molecule has 0 heterocycles. The van der Waals surface area contributed by atoms with Gasteiger partial charge in [0.15, 0.2) is 0 Å². The molecule has 10 heavy (non-hydrogen) atoms. The molecule has 0 aromatic carbocycles. The van der Waals surface area contributed by atoms with Gasteiger partial charge in [0.05, 0.1) is 12.0 Å². The van der Waals surface area contributed by atoms with Crippen LogP contribution in [0.15, 0.2) is 5.16 Å². The summed E-state index contributed by atoms with van der Waals surface area (Å²) >= 11 is 0. The van der Waals surface area contributed by atoms with Gasteiger partial charge < -0.3 is 0 Å². The normalized spacial score (nSPS) is 13.3. The van der Waals surface area contributed by atoms with E-state index in [9.17, 15) is 8.42 Å². The molecule has 4 nitrogen and oxygen atoms in total. The first-order chi connectivity index (χ1) is 4.45. The van der Waals surface area contributed by atoms with Gasteiger partial charge in [0.2, 0.25) is 0 Å². The first-order valence-electron chi connectivity index (χ1n) is 2.88. The van der Waals surface area contributed by atoms with E-state index in [-0.39, 0.29) is 0 Å². The number of rotatable bonds is 3. The van der Waals surface area contributed by atoms with E-state index in [0.29, 0.717) is 12.1 Å². The highest BCUT2D eigenvalue weighted by Crippen LogP contribution is 1.90. The van der Waals surface area contributed by atoms with Crippen molar-refractivity contribution in [3.63, 3.8) is 0 Å². The molecule has 0 spiro atoms. The van der Waals surface area contributed by atoms with Crippen molar-refractivity contribution in [2.75, 3.05) is 6.26 Å². The smallest absolute Gasteiger partial charge is 0.269 e. The van der Waals surface area contributed by atoms with Crippen molar-refractivity contribution in [2.45, 2.75) is 20.3 Å². The minimum atomic E-state index is -3.42. The first-order valence-corrected chi connectivity index (χ1v) is 4.69. The van der Waals surface area contributed by atoms with Crippen LogP contribution in [0.1, 0.15) is 20.3 Å². The molecule has 0 saturated heterocycles. The predicted octanol–water partition coefficient (Wildman–Crippen LogP) is 0.749. The molecule has 0 fully saturated rings. The Morgan fingerprint density at radius 3 is 2.40 bits per heavy atom. The van der Waals surface area contributed by atoms with Crippen molar-refractivity contribution >= 4 is 15.8 Å². The molecule has 0 aliphatic rings. The highest BCUT2D eigenvalue weighted by molar-refractivity contribution is 7.85. The van der Waals surface area contributed by atoms with Gasteiger partial charge in [0.1, 0.15) is 0 Å². The van der Waals surface area contributed by atoms with Crippen molar-refractivity contribution in [1.29, 1.82) is 0 Å². The Labute approximate surface area is 61.0 Å². The predicted molar refractivity (Wildman–Crippen MR) is 39.3 cm³/mol. The van der Waals surface area contributed by atoms with Crippen LogP contribution in [0, 0.1) is 0 Å². The zero-order valence-electron chi connectivity index (χ0n) is 6.29. The van der Waals surface area contributed by atoms with Crippen LogP contribution >= 0.6 is 0 Å². The van der Waals surface area contributed by atoms with Gasteiger partial charge in [-0.2, -0.15) is 8.42 Å². The third kappa shape index (κ3) is 5.55.